The van der Waals surface area contributed by atoms with Crippen LogP contribution in [0.2, 0.25) is 0 Å². The van der Waals surface area contributed by atoms with Crippen molar-refractivity contribution in [1.82, 2.24) is 10.2 Å². The Morgan fingerprint density at radius 3 is 2.44 bits per heavy atom. The van der Waals surface area contributed by atoms with Crippen LogP contribution in [0.1, 0.15) is 44.7 Å². The van der Waals surface area contributed by atoms with Gasteiger partial charge in [0.15, 0.2) is 5.96 Å². The Hall–Kier alpha value is -1.02. The molecule has 6 heteroatoms. The molecule has 1 fully saturated rings. The molecule has 1 aromatic rings. The Balaban J connectivity index is 0.00000312. The number of guanidine groups is 1. The number of halogens is 1. The maximum atomic E-state index is 6.03. The largest absolute Gasteiger partial charge is 0.497 e. The van der Waals surface area contributed by atoms with Crippen molar-refractivity contribution in [2.24, 2.45) is 16.6 Å². The molecule has 0 aliphatic carbocycles. The summed E-state index contributed by atoms with van der Waals surface area (Å²) >= 11 is 0. The van der Waals surface area contributed by atoms with Crippen LogP contribution in [-0.4, -0.2) is 44.1 Å². The van der Waals surface area contributed by atoms with Crippen LogP contribution in [0.3, 0.4) is 0 Å². The molecule has 1 aliphatic heterocycles. The monoisotopic (exact) mass is 460 g/mol. The summed E-state index contributed by atoms with van der Waals surface area (Å²) in [7, 11) is 1.70. The van der Waals surface area contributed by atoms with Gasteiger partial charge in [-0.05, 0) is 56.0 Å². The number of hydrogen-bond donors (Lipinski definition) is 2. The van der Waals surface area contributed by atoms with E-state index in [1.54, 1.807) is 7.11 Å². The van der Waals surface area contributed by atoms with E-state index in [2.05, 4.69) is 41.2 Å². The number of nitrogens with one attached hydrogen (secondary N) is 1. The summed E-state index contributed by atoms with van der Waals surface area (Å²) in [4.78, 5) is 7.10. The normalized spacial score (nSPS) is 16.6. The Kier molecular flexibility index (Phi) is 10.2. The van der Waals surface area contributed by atoms with Crippen molar-refractivity contribution in [3.8, 4) is 5.75 Å². The van der Waals surface area contributed by atoms with Gasteiger partial charge in [-0.15, -0.1) is 24.0 Å². The lowest BCUT2D eigenvalue weighted by molar-refractivity contribution is 0.251. The fourth-order valence-electron chi connectivity index (χ4n) is 3.04. The minimum atomic E-state index is 0. The zero-order chi connectivity index (χ0) is 17.4. The number of rotatable bonds is 8. The molecule has 0 saturated carbocycles. The van der Waals surface area contributed by atoms with E-state index in [1.807, 2.05) is 12.1 Å². The van der Waals surface area contributed by atoms with Gasteiger partial charge in [0.05, 0.1) is 19.7 Å². The van der Waals surface area contributed by atoms with E-state index < -0.39 is 0 Å². The summed E-state index contributed by atoms with van der Waals surface area (Å²) in [5.74, 6) is 2.10. The van der Waals surface area contributed by atoms with Gasteiger partial charge >= 0.3 is 0 Å². The van der Waals surface area contributed by atoms with Gasteiger partial charge in [0.25, 0.3) is 0 Å². The van der Waals surface area contributed by atoms with Gasteiger partial charge in [0.1, 0.15) is 5.75 Å². The van der Waals surface area contributed by atoms with Crippen LogP contribution in [0.4, 0.5) is 0 Å². The molecule has 0 aromatic heterocycles. The molecule has 2 rings (SSSR count). The van der Waals surface area contributed by atoms with Crippen molar-refractivity contribution < 1.29 is 4.74 Å². The van der Waals surface area contributed by atoms with Gasteiger partial charge in [-0.25, -0.2) is 0 Å². The molecule has 25 heavy (non-hydrogen) atoms. The zero-order valence-electron chi connectivity index (χ0n) is 15.7. The van der Waals surface area contributed by atoms with Crippen LogP contribution in [0, 0.1) is 5.92 Å². The number of aliphatic imine (C=N–C) groups is 1. The molecule has 1 unspecified atom stereocenters. The number of hydrogen-bond acceptors (Lipinski definition) is 3. The third-order valence-corrected chi connectivity index (χ3v) is 4.54. The van der Waals surface area contributed by atoms with E-state index in [9.17, 15) is 0 Å². The Labute approximate surface area is 169 Å². The first kappa shape index (κ1) is 22.0. The first-order valence-electron chi connectivity index (χ1n) is 9.02. The SMILES string of the molecule is COc1ccc(C(CN=C(N)NCCC(C)C)N2CCCC2)cc1.I. The molecule has 1 atom stereocenters. The topological polar surface area (TPSA) is 62.9 Å². The lowest BCUT2D eigenvalue weighted by atomic mass is 10.1. The van der Waals surface area contributed by atoms with Crippen LogP contribution >= 0.6 is 24.0 Å². The van der Waals surface area contributed by atoms with Crippen LogP contribution < -0.4 is 15.8 Å². The molecule has 142 valence electrons. The second-order valence-electron chi connectivity index (χ2n) is 6.87. The van der Waals surface area contributed by atoms with Crippen molar-refractivity contribution in [1.29, 1.82) is 0 Å². The molecular weight excluding hydrogens is 427 g/mol. The lowest BCUT2D eigenvalue weighted by Crippen LogP contribution is -2.35. The summed E-state index contributed by atoms with van der Waals surface area (Å²) in [6.45, 7) is 8.25. The number of likely N-dealkylation sites (tertiary alicyclic amines) is 1. The Morgan fingerprint density at radius 2 is 1.88 bits per heavy atom. The predicted octanol–water partition coefficient (Wildman–Crippen LogP) is 3.40. The third-order valence-electron chi connectivity index (χ3n) is 4.54. The maximum Gasteiger partial charge on any atom is 0.188 e. The average molecular weight is 460 g/mol. The van der Waals surface area contributed by atoms with E-state index in [1.165, 1.54) is 18.4 Å². The minimum Gasteiger partial charge on any atom is -0.497 e. The first-order valence-corrected chi connectivity index (χ1v) is 9.02. The van der Waals surface area contributed by atoms with Crippen molar-refractivity contribution in [3.05, 3.63) is 29.8 Å². The van der Waals surface area contributed by atoms with Crippen molar-refractivity contribution in [3.63, 3.8) is 0 Å². The third kappa shape index (κ3) is 7.40. The number of nitrogens with zero attached hydrogens (tertiary/aromatic N) is 2. The number of ether oxygens (including phenoxy) is 1. The smallest absolute Gasteiger partial charge is 0.188 e. The number of benzene rings is 1. The highest BCUT2D eigenvalue weighted by molar-refractivity contribution is 14.0. The molecule has 3 N–H and O–H groups in total. The predicted molar refractivity (Wildman–Crippen MR) is 116 cm³/mol. The number of methoxy groups -OCH3 is 1. The van der Waals surface area contributed by atoms with Crippen LogP contribution in [0.5, 0.6) is 5.75 Å². The maximum absolute atomic E-state index is 6.03. The molecule has 0 amide bonds. The highest BCUT2D eigenvalue weighted by atomic mass is 127. The molecule has 1 aromatic carbocycles. The van der Waals surface area contributed by atoms with E-state index in [-0.39, 0.29) is 30.0 Å². The second-order valence-corrected chi connectivity index (χ2v) is 6.87. The second kappa shape index (κ2) is 11.6. The van der Waals surface area contributed by atoms with E-state index >= 15 is 0 Å². The molecule has 5 nitrogen and oxygen atoms in total. The van der Waals surface area contributed by atoms with E-state index in [0.717, 1.165) is 31.8 Å². The van der Waals surface area contributed by atoms with Crippen LogP contribution in [0.25, 0.3) is 0 Å². The highest BCUT2D eigenvalue weighted by Gasteiger charge is 2.23. The summed E-state index contributed by atoms with van der Waals surface area (Å²) < 4.78 is 5.26. The molecule has 0 spiro atoms. The Morgan fingerprint density at radius 1 is 1.24 bits per heavy atom. The average Bonchev–Trinajstić information content (AvgIpc) is 3.09. The summed E-state index contributed by atoms with van der Waals surface area (Å²) in [5.41, 5.74) is 7.31. The molecule has 1 heterocycles. The van der Waals surface area contributed by atoms with Gasteiger partial charge in [-0.2, -0.15) is 0 Å². The van der Waals surface area contributed by atoms with Gasteiger partial charge in [-0.1, -0.05) is 26.0 Å². The molecule has 1 saturated heterocycles. The summed E-state index contributed by atoms with van der Waals surface area (Å²) in [6.07, 6.45) is 3.63. The van der Waals surface area contributed by atoms with E-state index in [0.29, 0.717) is 18.4 Å². The van der Waals surface area contributed by atoms with Gasteiger partial charge < -0.3 is 15.8 Å². The van der Waals surface area contributed by atoms with Gasteiger partial charge in [-0.3, -0.25) is 9.89 Å². The number of nitrogens with two attached hydrogens (primary N) is 1. The summed E-state index contributed by atoms with van der Waals surface area (Å²) in [5, 5.41) is 3.22. The molecular formula is C19H33IN4O. The highest BCUT2D eigenvalue weighted by Crippen LogP contribution is 2.26. The lowest BCUT2D eigenvalue weighted by Gasteiger charge is -2.27. The molecule has 0 radical (unpaired) electrons. The minimum absolute atomic E-state index is 0. The summed E-state index contributed by atoms with van der Waals surface area (Å²) in [6, 6.07) is 8.60. The Bertz CT molecular complexity index is 513. The van der Waals surface area contributed by atoms with Crippen molar-refractivity contribution in [2.75, 3.05) is 33.3 Å². The first-order chi connectivity index (χ1) is 11.6. The van der Waals surface area contributed by atoms with Crippen LogP contribution in [0.15, 0.2) is 29.3 Å². The fourth-order valence-corrected chi connectivity index (χ4v) is 3.04. The van der Waals surface area contributed by atoms with Gasteiger partial charge in [0, 0.05) is 6.54 Å². The van der Waals surface area contributed by atoms with Crippen molar-refractivity contribution >= 4 is 29.9 Å². The quantitative estimate of drug-likeness (QED) is 0.355. The van der Waals surface area contributed by atoms with Crippen LogP contribution in [-0.2, 0) is 0 Å². The zero-order valence-corrected chi connectivity index (χ0v) is 18.0. The van der Waals surface area contributed by atoms with Crippen molar-refractivity contribution in [2.45, 2.75) is 39.2 Å². The van der Waals surface area contributed by atoms with E-state index in [4.69, 9.17) is 10.5 Å². The molecule has 1 aliphatic rings. The molecule has 0 bridgehead atoms. The standard InChI is InChI=1S/C19H32N4O.HI/c1-15(2)10-11-21-19(20)22-14-18(23-12-4-5-13-23)16-6-8-17(24-3)9-7-16;/h6-9,15,18H,4-5,10-14H2,1-3H3,(H3,20,21,22);1H. The fraction of sp³-hybridized carbons (Fsp3) is 0.632. The van der Waals surface area contributed by atoms with Gasteiger partial charge in [0.2, 0.25) is 0 Å².